The Morgan fingerprint density at radius 2 is 1.24 bits per heavy atom. The fourth-order valence-corrected chi connectivity index (χ4v) is 10.4. The number of ether oxygens (including phenoxy) is 5. The molecule has 342 valence electrons. The van der Waals surface area contributed by atoms with Crippen molar-refractivity contribution >= 4 is 20.4 Å². The van der Waals surface area contributed by atoms with Gasteiger partial charge in [0.1, 0.15) is 46.2 Å². The summed E-state index contributed by atoms with van der Waals surface area (Å²) in [6, 6.07) is 39.4. The van der Waals surface area contributed by atoms with Crippen LogP contribution >= 0.6 is 8.53 Å². The van der Waals surface area contributed by atoms with E-state index in [0.29, 0.717) is 28.2 Å². The molecule has 0 fully saturated rings. The fourth-order valence-electron chi connectivity index (χ4n) is 8.90. The van der Waals surface area contributed by atoms with Crippen LogP contribution in [0.4, 0.5) is 0 Å². The number of carbonyl (C=O) groups excluding carboxylic acids is 2. The number of nitrogens with one attached hydrogen (secondary N) is 1. The Morgan fingerprint density at radius 1 is 0.712 bits per heavy atom. The van der Waals surface area contributed by atoms with Crippen molar-refractivity contribution in [3.8, 4) is 34.5 Å². The zero-order valence-corrected chi connectivity index (χ0v) is 38.7. The van der Waals surface area contributed by atoms with Crippen molar-refractivity contribution in [2.45, 2.75) is 57.1 Å². The van der Waals surface area contributed by atoms with Crippen LogP contribution in [0.25, 0.3) is 0 Å². The van der Waals surface area contributed by atoms with E-state index in [-0.39, 0.29) is 59.4 Å². The van der Waals surface area contributed by atoms with Crippen LogP contribution in [-0.4, -0.2) is 79.4 Å². The van der Waals surface area contributed by atoms with E-state index < -0.39 is 37.7 Å². The van der Waals surface area contributed by atoms with Crippen molar-refractivity contribution < 1.29 is 52.5 Å². The Hall–Kier alpha value is -6.47. The van der Waals surface area contributed by atoms with Gasteiger partial charge >= 0.3 is 5.97 Å². The Morgan fingerprint density at radius 3 is 1.76 bits per heavy atom. The third-order valence-corrected chi connectivity index (χ3v) is 13.8. The standard InChI is InChI=1S/C52H53N2O11P/c1-32(2)54(33(3)4)66(61-7)62-31-42(64-51(35-11-9-8-10-12-35,36-14-20-40(59-5)21-15-36)37-16-22-41(60-6)23-17-37)30-53-49(57)34-13-24-44-43(27-34)50(58)65-52(44)45-25-18-38(55)28-47(45)63-48-29-39(56)19-26-46(48)52/h8-29,32-33,42,55-56H,30-31H2,1-7H3,(H,53,57). The molecule has 8 rings (SSSR count). The molecule has 0 saturated carbocycles. The average molecular weight is 913 g/mol. The largest absolute Gasteiger partial charge is 0.508 e. The van der Waals surface area contributed by atoms with E-state index in [9.17, 15) is 19.8 Å². The fraction of sp³-hybridized carbons (Fsp3) is 0.269. The van der Waals surface area contributed by atoms with Crippen molar-refractivity contribution in [2.24, 2.45) is 0 Å². The van der Waals surface area contributed by atoms with Crippen LogP contribution in [0, 0.1) is 0 Å². The number of rotatable bonds is 17. The lowest BCUT2D eigenvalue weighted by molar-refractivity contribution is -0.0645. The van der Waals surface area contributed by atoms with E-state index in [1.165, 1.54) is 30.3 Å². The van der Waals surface area contributed by atoms with E-state index in [1.807, 2.05) is 78.9 Å². The van der Waals surface area contributed by atoms with Crippen molar-refractivity contribution in [1.29, 1.82) is 0 Å². The van der Waals surface area contributed by atoms with Gasteiger partial charge in [0, 0.05) is 60.1 Å². The highest BCUT2D eigenvalue weighted by Gasteiger charge is 2.54. The van der Waals surface area contributed by atoms with Crippen LogP contribution in [0.5, 0.6) is 34.5 Å². The van der Waals surface area contributed by atoms with E-state index in [0.717, 1.165) is 16.7 Å². The van der Waals surface area contributed by atoms with Crippen molar-refractivity contribution in [1.82, 2.24) is 9.99 Å². The zero-order chi connectivity index (χ0) is 46.8. The second-order valence-electron chi connectivity index (χ2n) is 16.5. The number of phenols is 2. The zero-order valence-electron chi connectivity index (χ0n) is 37.8. The van der Waals surface area contributed by atoms with Crippen molar-refractivity contribution in [2.75, 3.05) is 34.5 Å². The first-order valence-corrected chi connectivity index (χ1v) is 22.7. The summed E-state index contributed by atoms with van der Waals surface area (Å²) in [5.74, 6) is 0.607. The molecule has 2 aliphatic rings. The second kappa shape index (κ2) is 19.2. The van der Waals surface area contributed by atoms with Crippen LogP contribution in [0.3, 0.4) is 0 Å². The number of aromatic hydroxyl groups is 2. The predicted octanol–water partition coefficient (Wildman–Crippen LogP) is 9.80. The minimum Gasteiger partial charge on any atom is -0.508 e. The first-order chi connectivity index (χ1) is 31.8. The summed E-state index contributed by atoms with van der Waals surface area (Å²) in [4.78, 5) is 28.3. The van der Waals surface area contributed by atoms with Gasteiger partial charge in [-0.15, -0.1) is 0 Å². The van der Waals surface area contributed by atoms with E-state index >= 15 is 0 Å². The smallest absolute Gasteiger partial charge is 0.340 e. The SMILES string of the molecule is COc1ccc(C(OC(CNC(=O)c2ccc3c(c2)C(=O)OC32c3ccc(O)cc3Oc3cc(O)ccc32)COP(OC)N(C(C)C)C(C)C)(c2ccccc2)c2ccc(OC)cc2)cc1. The summed E-state index contributed by atoms with van der Waals surface area (Å²) < 4.78 is 45.8. The number of hydrogen-bond acceptors (Lipinski definition) is 12. The maximum Gasteiger partial charge on any atom is 0.340 e. The average Bonchev–Trinajstić information content (AvgIpc) is 3.61. The van der Waals surface area contributed by atoms with Gasteiger partial charge in [-0.3, -0.25) is 4.79 Å². The normalized spacial score (nSPS) is 14.5. The lowest BCUT2D eigenvalue weighted by Crippen LogP contribution is -2.44. The minimum absolute atomic E-state index is 0.0156. The van der Waals surface area contributed by atoms with Gasteiger partial charge in [-0.2, -0.15) is 0 Å². The molecule has 14 heteroatoms. The van der Waals surface area contributed by atoms with Gasteiger partial charge in [-0.1, -0.05) is 60.7 Å². The van der Waals surface area contributed by atoms with Gasteiger partial charge in [-0.25, -0.2) is 9.46 Å². The molecule has 2 unspecified atom stereocenters. The van der Waals surface area contributed by atoms with Crippen LogP contribution in [-0.2, 0) is 29.7 Å². The predicted molar refractivity (Wildman–Crippen MR) is 250 cm³/mol. The highest BCUT2D eigenvalue weighted by molar-refractivity contribution is 7.44. The van der Waals surface area contributed by atoms with Crippen LogP contribution in [0.1, 0.15) is 81.8 Å². The highest BCUT2D eigenvalue weighted by atomic mass is 31.2. The monoisotopic (exact) mass is 912 g/mol. The summed E-state index contributed by atoms with van der Waals surface area (Å²) in [6.45, 7) is 8.34. The van der Waals surface area contributed by atoms with Crippen molar-refractivity contribution in [3.05, 3.63) is 178 Å². The first-order valence-electron chi connectivity index (χ1n) is 21.6. The second-order valence-corrected chi connectivity index (χ2v) is 18.1. The molecule has 1 spiro atoms. The maximum atomic E-state index is 14.4. The van der Waals surface area contributed by atoms with Gasteiger partial charge < -0.3 is 48.3 Å². The third-order valence-electron chi connectivity index (χ3n) is 11.8. The first kappa shape index (κ1) is 46.1. The molecule has 0 aliphatic carbocycles. The molecule has 2 heterocycles. The van der Waals surface area contributed by atoms with E-state index in [4.69, 9.17) is 32.7 Å². The van der Waals surface area contributed by atoms with E-state index in [1.54, 1.807) is 45.6 Å². The number of benzene rings is 6. The third kappa shape index (κ3) is 8.56. The molecule has 1 amide bonds. The van der Waals surface area contributed by atoms with Gasteiger partial charge in [0.2, 0.25) is 0 Å². The van der Waals surface area contributed by atoms with Crippen LogP contribution < -0.4 is 19.5 Å². The number of esters is 1. The molecule has 2 aliphatic heterocycles. The molecule has 0 bridgehead atoms. The number of hydrogen-bond donors (Lipinski definition) is 3. The Bertz CT molecular complexity index is 2590. The van der Waals surface area contributed by atoms with Gasteiger partial charge in [0.15, 0.2) is 5.60 Å². The molecule has 0 saturated heterocycles. The van der Waals surface area contributed by atoms with Crippen LogP contribution in [0.15, 0.2) is 133 Å². The lowest BCUT2D eigenvalue weighted by Gasteiger charge is -2.40. The van der Waals surface area contributed by atoms with Crippen molar-refractivity contribution in [3.63, 3.8) is 0 Å². The Labute approximate surface area is 385 Å². The number of methoxy groups -OCH3 is 2. The summed E-state index contributed by atoms with van der Waals surface area (Å²) in [5.41, 5.74) is 1.48. The molecule has 0 radical (unpaired) electrons. The summed E-state index contributed by atoms with van der Waals surface area (Å²) in [5, 5.41) is 23.8. The van der Waals surface area contributed by atoms with Gasteiger partial charge in [0.25, 0.3) is 14.4 Å². The minimum atomic E-state index is -1.56. The van der Waals surface area contributed by atoms with Crippen LogP contribution in [0.2, 0.25) is 0 Å². The summed E-state index contributed by atoms with van der Waals surface area (Å²) in [7, 11) is 3.30. The van der Waals surface area contributed by atoms with Gasteiger partial charge in [-0.05, 0) is 105 Å². The molecule has 2 atom stereocenters. The summed E-state index contributed by atoms with van der Waals surface area (Å²) >= 11 is 0. The van der Waals surface area contributed by atoms with Gasteiger partial charge in [0.05, 0.1) is 26.4 Å². The molecule has 66 heavy (non-hydrogen) atoms. The molecular weight excluding hydrogens is 860 g/mol. The highest BCUT2D eigenvalue weighted by Crippen LogP contribution is 2.57. The molecular formula is C52H53N2O11P. The Balaban J connectivity index is 1.17. The van der Waals surface area contributed by atoms with E-state index in [2.05, 4.69) is 37.7 Å². The number of fused-ring (bicyclic) bond motifs is 6. The molecule has 3 N–H and O–H groups in total. The number of phenolic OH excluding ortho intramolecular Hbond substituents is 2. The number of amides is 1. The summed E-state index contributed by atoms with van der Waals surface area (Å²) in [6.07, 6.45) is -0.801. The lowest BCUT2D eigenvalue weighted by atomic mass is 9.77. The number of nitrogens with zero attached hydrogens (tertiary/aromatic N) is 1. The topological polar surface area (TPSA) is 154 Å². The Kier molecular flexibility index (Phi) is 13.4. The molecule has 6 aromatic rings. The molecule has 0 aromatic heterocycles. The number of carbonyl (C=O) groups is 2. The molecule has 6 aromatic carbocycles. The quantitative estimate of drug-likeness (QED) is 0.0453. The molecule has 13 nitrogen and oxygen atoms in total. The maximum absolute atomic E-state index is 14.4.